The molecular weight excluding hydrogens is 741 g/mol. The molecule has 6 unspecified atom stereocenters. The number of anilines is 2. The summed E-state index contributed by atoms with van der Waals surface area (Å²) in [6.45, 7) is 0. The van der Waals surface area contributed by atoms with Gasteiger partial charge in [0.1, 0.15) is 0 Å². The number of aromatic nitrogens is 2. The molecule has 0 bridgehead atoms. The largest absolute Gasteiger partial charge is 0.378 e. The predicted octanol–water partition coefficient (Wildman–Crippen LogP) is 14.5. The minimum Gasteiger partial charge on any atom is -0.378 e. The summed E-state index contributed by atoms with van der Waals surface area (Å²) in [6.07, 6.45) is 40.8. The quantitative estimate of drug-likeness (QED) is 0.182. The molecule has 3 heterocycles. The lowest BCUT2D eigenvalue weighted by atomic mass is 9.75. The average molecular weight is 793 g/mol. The van der Waals surface area contributed by atoms with E-state index in [2.05, 4.69) is 178 Å². The van der Waals surface area contributed by atoms with Gasteiger partial charge < -0.3 is 19.8 Å². The molecular formula is C57H52N4. The molecule has 6 aromatic rings. The minimum absolute atomic E-state index is 0.210. The highest BCUT2D eigenvalue weighted by atomic mass is 15.1. The molecule has 2 aromatic heterocycles. The van der Waals surface area contributed by atoms with E-state index in [9.17, 15) is 0 Å². The third kappa shape index (κ3) is 5.57. The first-order valence-electron chi connectivity index (χ1n) is 23.1. The van der Waals surface area contributed by atoms with Gasteiger partial charge in [-0.1, -0.05) is 128 Å². The molecule has 1 aliphatic heterocycles. The molecule has 7 aliphatic rings. The molecule has 1 saturated carbocycles. The zero-order valence-corrected chi connectivity index (χ0v) is 34.7. The molecule has 2 N–H and O–H groups in total. The summed E-state index contributed by atoms with van der Waals surface area (Å²) >= 11 is 0. The Bertz CT molecular complexity index is 3060. The Morgan fingerprint density at radius 1 is 0.639 bits per heavy atom. The summed E-state index contributed by atoms with van der Waals surface area (Å²) in [7, 11) is 0. The molecule has 300 valence electrons. The van der Waals surface area contributed by atoms with Crippen molar-refractivity contribution in [3.05, 3.63) is 180 Å². The van der Waals surface area contributed by atoms with Crippen molar-refractivity contribution in [3.63, 3.8) is 0 Å². The Labute approximate surface area is 358 Å². The van der Waals surface area contributed by atoms with Crippen LogP contribution in [0, 0.1) is 5.92 Å². The Balaban J connectivity index is 0.897. The van der Waals surface area contributed by atoms with Crippen LogP contribution in [0.2, 0.25) is 0 Å². The first-order chi connectivity index (χ1) is 30.3. The number of rotatable bonds is 5. The highest BCUT2D eigenvalue weighted by Gasteiger charge is 2.41. The Kier molecular flexibility index (Phi) is 8.24. The van der Waals surface area contributed by atoms with E-state index in [4.69, 9.17) is 0 Å². The first kappa shape index (κ1) is 35.5. The van der Waals surface area contributed by atoms with Crippen LogP contribution < -0.4 is 10.6 Å². The zero-order chi connectivity index (χ0) is 40.0. The molecule has 6 atom stereocenters. The van der Waals surface area contributed by atoms with Crippen molar-refractivity contribution >= 4 is 55.4 Å². The van der Waals surface area contributed by atoms with E-state index in [1.165, 1.54) is 97.0 Å². The smallest absolute Gasteiger partial charge is 0.0684 e. The van der Waals surface area contributed by atoms with Crippen molar-refractivity contribution in [1.82, 2.24) is 9.13 Å². The lowest BCUT2D eigenvalue weighted by Gasteiger charge is -2.41. The highest BCUT2D eigenvalue weighted by molar-refractivity contribution is 6.14. The van der Waals surface area contributed by atoms with Crippen LogP contribution in [0.3, 0.4) is 0 Å². The maximum atomic E-state index is 4.06. The van der Waals surface area contributed by atoms with Gasteiger partial charge in [-0.05, 0) is 127 Å². The lowest BCUT2D eigenvalue weighted by Crippen LogP contribution is -2.48. The first-order valence-corrected chi connectivity index (χ1v) is 23.1. The van der Waals surface area contributed by atoms with Gasteiger partial charge in [-0.3, -0.25) is 0 Å². The molecule has 4 aromatic carbocycles. The van der Waals surface area contributed by atoms with Crippen molar-refractivity contribution in [2.24, 2.45) is 5.92 Å². The normalized spacial score (nSPS) is 26.0. The van der Waals surface area contributed by atoms with E-state index >= 15 is 0 Å². The van der Waals surface area contributed by atoms with Crippen molar-refractivity contribution in [3.8, 4) is 11.3 Å². The number of nitrogens with zero attached hydrogens (tertiary/aromatic N) is 2. The highest BCUT2D eigenvalue weighted by Crippen LogP contribution is 2.58. The van der Waals surface area contributed by atoms with Gasteiger partial charge in [0.05, 0.1) is 46.2 Å². The zero-order valence-electron chi connectivity index (χ0n) is 34.7. The number of allylic oxidation sites excluding steroid dienone is 14. The monoisotopic (exact) mass is 792 g/mol. The second-order valence-electron chi connectivity index (χ2n) is 18.5. The fourth-order valence-corrected chi connectivity index (χ4v) is 12.5. The van der Waals surface area contributed by atoms with Crippen LogP contribution in [0.15, 0.2) is 163 Å². The van der Waals surface area contributed by atoms with Crippen LogP contribution in [0.5, 0.6) is 0 Å². The van der Waals surface area contributed by atoms with E-state index < -0.39 is 0 Å². The number of hydrogen-bond acceptors (Lipinski definition) is 2. The van der Waals surface area contributed by atoms with Crippen molar-refractivity contribution in [1.29, 1.82) is 0 Å². The van der Waals surface area contributed by atoms with Crippen LogP contribution in [-0.2, 0) is 0 Å². The summed E-state index contributed by atoms with van der Waals surface area (Å²) in [5.41, 5.74) is 17.8. The number of hydrogen-bond donors (Lipinski definition) is 2. The molecule has 6 aliphatic carbocycles. The third-order valence-electron chi connectivity index (χ3n) is 15.2. The van der Waals surface area contributed by atoms with E-state index in [1.807, 2.05) is 0 Å². The molecule has 4 heteroatoms. The average Bonchev–Trinajstić information content (AvgIpc) is 4.04. The summed E-state index contributed by atoms with van der Waals surface area (Å²) in [5, 5.41) is 12.2. The topological polar surface area (TPSA) is 33.9 Å². The van der Waals surface area contributed by atoms with Crippen LogP contribution in [0.25, 0.3) is 55.2 Å². The van der Waals surface area contributed by atoms with Crippen LogP contribution in [-0.4, -0.2) is 21.2 Å². The van der Waals surface area contributed by atoms with E-state index in [1.54, 1.807) is 11.1 Å². The van der Waals surface area contributed by atoms with Crippen LogP contribution >= 0.6 is 0 Å². The summed E-state index contributed by atoms with van der Waals surface area (Å²) < 4.78 is 5.30. The minimum atomic E-state index is 0.210. The van der Waals surface area contributed by atoms with Gasteiger partial charge in [0.25, 0.3) is 0 Å². The van der Waals surface area contributed by atoms with Gasteiger partial charge in [0.15, 0.2) is 0 Å². The van der Waals surface area contributed by atoms with Crippen molar-refractivity contribution in [2.75, 3.05) is 10.6 Å². The van der Waals surface area contributed by atoms with Gasteiger partial charge in [0.2, 0.25) is 0 Å². The Morgan fingerprint density at radius 2 is 1.57 bits per heavy atom. The Hall–Kier alpha value is -6.26. The molecule has 13 rings (SSSR count). The molecule has 4 nitrogen and oxygen atoms in total. The number of fused-ring (bicyclic) bond motifs is 12. The van der Waals surface area contributed by atoms with Gasteiger partial charge >= 0.3 is 0 Å². The third-order valence-corrected chi connectivity index (χ3v) is 15.2. The second kappa shape index (κ2) is 14.2. The summed E-state index contributed by atoms with van der Waals surface area (Å²) in [6, 6.07) is 31.4. The van der Waals surface area contributed by atoms with E-state index in [0.29, 0.717) is 23.8 Å². The molecule has 0 saturated heterocycles. The maximum Gasteiger partial charge on any atom is 0.0684 e. The van der Waals surface area contributed by atoms with Gasteiger partial charge in [-0.2, -0.15) is 0 Å². The fourth-order valence-electron chi connectivity index (χ4n) is 12.5. The summed E-state index contributed by atoms with van der Waals surface area (Å²) in [4.78, 5) is 0. The SMILES string of the molecule is C1=CCCC(C2Nc3cc(C4=CCC(n5c6ccccc6c6cc7c8c(n(C9=CCCC=C9)c7cc65)-c5ccccc5C5CCCC85)C=C4)ccc3NC2C2C=CC=CC2)=C1. The van der Waals surface area contributed by atoms with Crippen LogP contribution in [0.1, 0.15) is 92.4 Å². The number of benzene rings is 4. The lowest BCUT2D eigenvalue weighted by molar-refractivity contribution is 0.484. The van der Waals surface area contributed by atoms with Crippen LogP contribution in [0.4, 0.5) is 11.4 Å². The van der Waals surface area contributed by atoms with Gasteiger partial charge in [-0.15, -0.1) is 0 Å². The molecule has 1 fully saturated rings. The van der Waals surface area contributed by atoms with E-state index in [-0.39, 0.29) is 12.1 Å². The number of nitrogens with one attached hydrogen (secondary N) is 2. The van der Waals surface area contributed by atoms with Gasteiger partial charge in [-0.25, -0.2) is 0 Å². The molecule has 0 spiro atoms. The maximum absolute atomic E-state index is 4.06. The Morgan fingerprint density at radius 3 is 2.44 bits per heavy atom. The van der Waals surface area contributed by atoms with Crippen molar-refractivity contribution in [2.45, 2.75) is 87.7 Å². The predicted molar refractivity (Wildman–Crippen MR) is 257 cm³/mol. The molecule has 0 amide bonds. The van der Waals surface area contributed by atoms with E-state index in [0.717, 1.165) is 38.5 Å². The standard InChI is InChI=1S/C57H52N4/c1-4-15-37(16-5-1)55-56(38-17-6-2-7-18-38)59-50-33-39(29-32-49(50)58-55)36-27-30-41(31-28-36)60-51-26-13-12-22-44(51)47-34-48-53(35-52(47)60)61(40-19-8-3-9-20-40)57-46-23-11-10-21-43(46)42-24-14-25-45(42)54(48)57/h1-2,4-6,8,10-13,15,17,19-23,26-30,32-35,37,41-42,45,55-56,58-59H,3,7,9,14,16,18,24-25,31H2. The molecule has 0 radical (unpaired) electrons. The number of para-hydroxylation sites is 1. The molecule has 61 heavy (non-hydrogen) atoms. The van der Waals surface area contributed by atoms with Crippen molar-refractivity contribution < 1.29 is 0 Å². The summed E-state index contributed by atoms with van der Waals surface area (Å²) in [5.74, 6) is 1.62. The fraction of sp³-hybridized carbons (Fsp3) is 0.263. The second-order valence-corrected chi connectivity index (χ2v) is 18.5. The van der Waals surface area contributed by atoms with Gasteiger partial charge in [0, 0.05) is 38.9 Å².